The van der Waals surface area contributed by atoms with Crippen LogP contribution in [0.5, 0.6) is 11.5 Å². The second kappa shape index (κ2) is 5.35. The highest BCUT2D eigenvalue weighted by atomic mass is 16.5. The van der Waals surface area contributed by atoms with Crippen LogP contribution in [0.1, 0.15) is 24.8 Å². The predicted molar refractivity (Wildman–Crippen MR) is 106 cm³/mol. The zero-order chi connectivity index (χ0) is 19.5. The van der Waals surface area contributed by atoms with Gasteiger partial charge in [-0.1, -0.05) is 6.08 Å². The van der Waals surface area contributed by atoms with Crippen LogP contribution >= 0.6 is 0 Å². The Hall–Kier alpha value is -2.05. The number of piperidine rings is 2. The average molecular weight is 395 g/mol. The summed E-state index contributed by atoms with van der Waals surface area (Å²) in [6.07, 6.45) is 5.22. The first-order valence-electron chi connectivity index (χ1n) is 10.9. The molecule has 1 spiro atoms. The maximum atomic E-state index is 13.5. The van der Waals surface area contributed by atoms with Crippen LogP contribution in [-0.2, 0) is 14.9 Å². The molecule has 1 saturated carbocycles. The van der Waals surface area contributed by atoms with E-state index in [2.05, 4.69) is 23.1 Å². The maximum absolute atomic E-state index is 13.5. The Morgan fingerprint density at radius 2 is 2.07 bits per heavy atom. The lowest BCUT2D eigenvalue weighted by atomic mass is 9.53. The van der Waals surface area contributed by atoms with E-state index in [1.54, 1.807) is 24.7 Å². The number of hydrogen-bond acceptors (Lipinski definition) is 4. The van der Waals surface area contributed by atoms with Gasteiger partial charge in [0.05, 0.1) is 63.6 Å². The molecule has 1 N–H and O–H groups in total. The average Bonchev–Trinajstić information content (AvgIpc) is 3.20. The van der Waals surface area contributed by atoms with Crippen LogP contribution in [0.25, 0.3) is 0 Å². The van der Waals surface area contributed by atoms with E-state index in [4.69, 9.17) is 14.2 Å². The third-order valence-corrected chi connectivity index (χ3v) is 9.00. The fourth-order valence-electron chi connectivity index (χ4n) is 8.09. The molecule has 3 saturated heterocycles. The van der Waals surface area contributed by atoms with Crippen molar-refractivity contribution in [3.63, 3.8) is 0 Å². The molecule has 1 aliphatic carbocycles. The van der Waals surface area contributed by atoms with Crippen LogP contribution in [0.15, 0.2) is 23.8 Å². The van der Waals surface area contributed by atoms with Crippen LogP contribution < -0.4 is 19.3 Å². The normalized spacial score (nSPS) is 42.9. The molecule has 2 bridgehead atoms. The first-order chi connectivity index (χ1) is 14.2. The molecule has 152 valence electrons. The van der Waals surface area contributed by atoms with Gasteiger partial charge in [-0.05, 0) is 23.1 Å². The first-order valence-corrected chi connectivity index (χ1v) is 10.9. The van der Waals surface area contributed by atoms with Crippen LogP contribution in [-0.4, -0.2) is 58.0 Å². The monoisotopic (exact) mass is 395 g/mol. The SMILES string of the molecule is COc1cc2c(cc1OC)[C@]13CC[NH+]4CC5=CCO[C@@H]6CC(=O)N2[C@@H]1[C@@H]6[C@@H]5C[C@@H]43. The summed E-state index contributed by atoms with van der Waals surface area (Å²) in [6, 6.07) is 5.00. The highest BCUT2D eigenvalue weighted by molar-refractivity contribution is 5.99. The van der Waals surface area contributed by atoms with E-state index in [0.717, 1.165) is 24.4 Å². The van der Waals surface area contributed by atoms with Crippen molar-refractivity contribution in [2.45, 2.75) is 42.9 Å². The number of nitrogens with zero attached hydrogens (tertiary/aromatic N) is 1. The quantitative estimate of drug-likeness (QED) is 0.749. The van der Waals surface area contributed by atoms with E-state index in [1.807, 2.05) is 0 Å². The van der Waals surface area contributed by atoms with E-state index < -0.39 is 0 Å². The molecule has 1 unspecified atom stereocenters. The number of hydrogen-bond donors (Lipinski definition) is 1. The molecule has 1 aromatic carbocycles. The van der Waals surface area contributed by atoms with Gasteiger partial charge in [0.1, 0.15) is 6.04 Å². The topological polar surface area (TPSA) is 52.4 Å². The number of carbonyl (C=O) groups excluding carboxylic acids is 1. The zero-order valence-corrected chi connectivity index (χ0v) is 16.9. The Labute approximate surface area is 170 Å². The number of nitrogens with one attached hydrogen (secondary N) is 1. The molecule has 1 aromatic rings. The Morgan fingerprint density at radius 3 is 2.90 bits per heavy atom. The van der Waals surface area contributed by atoms with Crippen LogP contribution in [0, 0.1) is 11.8 Å². The fraction of sp³-hybridized carbons (Fsp3) is 0.609. The van der Waals surface area contributed by atoms with E-state index in [9.17, 15) is 4.79 Å². The molecule has 4 fully saturated rings. The van der Waals surface area contributed by atoms with Gasteiger partial charge in [0.15, 0.2) is 11.5 Å². The van der Waals surface area contributed by atoms with Gasteiger partial charge in [-0.2, -0.15) is 0 Å². The highest BCUT2D eigenvalue weighted by Gasteiger charge is 2.73. The second-order valence-electron chi connectivity index (χ2n) is 9.64. The lowest BCUT2D eigenvalue weighted by Crippen LogP contribution is -3.16. The Kier molecular flexibility index (Phi) is 3.08. The third kappa shape index (κ3) is 1.76. The lowest BCUT2D eigenvalue weighted by molar-refractivity contribution is -0.916. The van der Waals surface area contributed by atoms with E-state index in [0.29, 0.717) is 36.7 Å². The first kappa shape index (κ1) is 16.7. The number of fused-ring (bicyclic) bond motifs is 2. The number of anilines is 1. The number of benzene rings is 1. The van der Waals surface area contributed by atoms with Crippen LogP contribution in [0.4, 0.5) is 5.69 Å². The van der Waals surface area contributed by atoms with Crippen LogP contribution in [0.3, 0.4) is 0 Å². The Morgan fingerprint density at radius 1 is 1.24 bits per heavy atom. The molecule has 0 radical (unpaired) electrons. The van der Waals surface area contributed by atoms with E-state index in [1.165, 1.54) is 18.5 Å². The van der Waals surface area contributed by atoms with Crippen molar-refractivity contribution >= 4 is 11.6 Å². The van der Waals surface area contributed by atoms with Gasteiger partial charge in [0.25, 0.3) is 0 Å². The minimum absolute atomic E-state index is 0.0128. The summed E-state index contributed by atoms with van der Waals surface area (Å²) in [6.45, 7) is 2.98. The number of ether oxygens (including phenoxy) is 3. The smallest absolute Gasteiger partial charge is 0.229 e. The van der Waals surface area contributed by atoms with Crippen molar-refractivity contribution < 1.29 is 23.9 Å². The van der Waals surface area contributed by atoms with Crippen molar-refractivity contribution in [1.82, 2.24) is 0 Å². The van der Waals surface area contributed by atoms with Gasteiger partial charge in [0.2, 0.25) is 5.91 Å². The Bertz CT molecular complexity index is 974. The minimum Gasteiger partial charge on any atom is -0.493 e. The van der Waals surface area contributed by atoms with Crippen molar-refractivity contribution in [2.75, 3.05) is 38.8 Å². The number of quaternary nitrogens is 1. The number of carbonyl (C=O) groups is 1. The molecule has 6 heteroatoms. The molecule has 7 rings (SSSR count). The van der Waals surface area contributed by atoms with Crippen molar-refractivity contribution in [1.29, 1.82) is 0 Å². The number of amides is 1. The molecule has 6 aliphatic rings. The van der Waals surface area contributed by atoms with Crippen molar-refractivity contribution in [3.05, 3.63) is 29.3 Å². The second-order valence-corrected chi connectivity index (χ2v) is 9.64. The van der Waals surface area contributed by atoms with Gasteiger partial charge in [0, 0.05) is 24.8 Å². The van der Waals surface area contributed by atoms with Gasteiger partial charge >= 0.3 is 0 Å². The maximum Gasteiger partial charge on any atom is 0.229 e. The summed E-state index contributed by atoms with van der Waals surface area (Å²) < 4.78 is 17.6. The predicted octanol–water partition coefficient (Wildman–Crippen LogP) is 0.693. The summed E-state index contributed by atoms with van der Waals surface area (Å²) in [5.74, 6) is 2.63. The summed E-state index contributed by atoms with van der Waals surface area (Å²) >= 11 is 0. The lowest BCUT2D eigenvalue weighted by Gasteiger charge is -2.56. The summed E-state index contributed by atoms with van der Waals surface area (Å²) in [4.78, 5) is 17.3. The molecular weight excluding hydrogens is 368 g/mol. The molecule has 6 nitrogen and oxygen atoms in total. The van der Waals surface area contributed by atoms with Gasteiger partial charge in [-0.3, -0.25) is 4.79 Å². The minimum atomic E-state index is 0.0128. The standard InChI is InChI=1S/C23H26N2O4/c1-27-16-8-14-15(9-17(16)28-2)25-20(26)10-18-21-13-7-19-23(14,22(21)25)4-5-24(19)11-12(13)3-6-29-18/h3,8-9,13,18-19,21-22H,4-7,10-11H2,1-2H3/p+1/t13-,18-,19-,21-,22-,23+/m1/s1. The molecule has 0 aromatic heterocycles. The Balaban J connectivity index is 1.52. The van der Waals surface area contributed by atoms with Crippen LogP contribution in [0.2, 0.25) is 0 Å². The van der Waals surface area contributed by atoms with Gasteiger partial charge in [-0.25, -0.2) is 0 Å². The molecule has 7 atom stereocenters. The molecule has 29 heavy (non-hydrogen) atoms. The van der Waals surface area contributed by atoms with Gasteiger partial charge < -0.3 is 24.0 Å². The zero-order valence-electron chi connectivity index (χ0n) is 16.9. The van der Waals surface area contributed by atoms with Gasteiger partial charge in [-0.15, -0.1) is 0 Å². The molecular formula is C23H27N2O4+. The number of rotatable bonds is 2. The van der Waals surface area contributed by atoms with Crippen molar-refractivity contribution in [3.8, 4) is 11.5 Å². The van der Waals surface area contributed by atoms with E-state index in [-0.39, 0.29) is 23.5 Å². The highest BCUT2D eigenvalue weighted by Crippen LogP contribution is 2.63. The molecule has 1 amide bonds. The molecule has 5 aliphatic heterocycles. The summed E-state index contributed by atoms with van der Waals surface area (Å²) in [5, 5.41) is 0. The molecule has 5 heterocycles. The van der Waals surface area contributed by atoms with Crippen molar-refractivity contribution in [2.24, 2.45) is 11.8 Å². The third-order valence-electron chi connectivity index (χ3n) is 9.00. The summed E-state index contributed by atoms with van der Waals surface area (Å²) in [7, 11) is 3.37. The largest absolute Gasteiger partial charge is 0.493 e. The van der Waals surface area contributed by atoms with E-state index >= 15 is 0 Å². The fourth-order valence-corrected chi connectivity index (χ4v) is 8.09. The summed E-state index contributed by atoms with van der Waals surface area (Å²) in [5.41, 5.74) is 3.96. The number of methoxy groups -OCH3 is 2.